The standard InChI is InChI=1S/C16H13BrN2OS/c1-19(11-5-3-2-4-6-11)16(20)15-14(18)12-8-7-10(17)9-13(12)21-15/h2-9H,18H2,1H3. The highest BCUT2D eigenvalue weighted by Crippen LogP contribution is 2.36. The second kappa shape index (κ2) is 5.50. The van der Waals surface area contributed by atoms with Crippen LogP contribution in [0.4, 0.5) is 11.4 Å². The molecule has 0 saturated heterocycles. The Morgan fingerprint density at radius 3 is 2.62 bits per heavy atom. The van der Waals surface area contributed by atoms with Gasteiger partial charge in [0.2, 0.25) is 0 Å². The average molecular weight is 361 g/mol. The van der Waals surface area contributed by atoms with E-state index in [1.807, 2.05) is 48.5 Å². The first-order valence-electron chi connectivity index (χ1n) is 6.38. The molecule has 5 heteroatoms. The summed E-state index contributed by atoms with van der Waals surface area (Å²) in [5.41, 5.74) is 7.55. The molecular weight excluding hydrogens is 348 g/mol. The van der Waals surface area contributed by atoms with Crippen molar-refractivity contribution in [3.63, 3.8) is 0 Å². The van der Waals surface area contributed by atoms with Gasteiger partial charge in [0.05, 0.1) is 5.69 Å². The molecule has 0 atom stereocenters. The fraction of sp³-hybridized carbons (Fsp3) is 0.0625. The topological polar surface area (TPSA) is 46.3 Å². The number of rotatable bonds is 2. The summed E-state index contributed by atoms with van der Waals surface area (Å²) in [7, 11) is 1.76. The largest absolute Gasteiger partial charge is 0.397 e. The van der Waals surface area contributed by atoms with E-state index in [2.05, 4.69) is 15.9 Å². The number of benzene rings is 2. The second-order valence-corrected chi connectivity index (χ2v) is 6.65. The summed E-state index contributed by atoms with van der Waals surface area (Å²) < 4.78 is 1.98. The van der Waals surface area contributed by atoms with Crippen molar-refractivity contribution in [3.05, 3.63) is 57.9 Å². The number of amides is 1. The van der Waals surface area contributed by atoms with Crippen LogP contribution in [0.25, 0.3) is 10.1 Å². The van der Waals surface area contributed by atoms with Gasteiger partial charge >= 0.3 is 0 Å². The lowest BCUT2D eigenvalue weighted by Crippen LogP contribution is -2.25. The highest BCUT2D eigenvalue weighted by molar-refractivity contribution is 9.10. The number of thiophene rings is 1. The maximum absolute atomic E-state index is 12.7. The van der Waals surface area contributed by atoms with Crippen LogP contribution in [0.2, 0.25) is 0 Å². The normalized spacial score (nSPS) is 10.8. The van der Waals surface area contributed by atoms with Crippen molar-refractivity contribution < 1.29 is 4.79 Å². The van der Waals surface area contributed by atoms with Crippen LogP contribution in [-0.2, 0) is 0 Å². The molecule has 3 rings (SSSR count). The first-order valence-corrected chi connectivity index (χ1v) is 7.99. The lowest BCUT2D eigenvalue weighted by molar-refractivity contribution is 0.0997. The van der Waals surface area contributed by atoms with Crippen LogP contribution < -0.4 is 10.6 Å². The van der Waals surface area contributed by atoms with Crippen LogP contribution in [-0.4, -0.2) is 13.0 Å². The zero-order valence-electron chi connectivity index (χ0n) is 11.3. The highest BCUT2D eigenvalue weighted by atomic mass is 79.9. The van der Waals surface area contributed by atoms with Crippen LogP contribution in [0.5, 0.6) is 0 Å². The smallest absolute Gasteiger partial charge is 0.270 e. The summed E-state index contributed by atoms with van der Waals surface area (Å²) in [4.78, 5) is 14.9. The van der Waals surface area contributed by atoms with E-state index in [9.17, 15) is 4.79 Å². The molecule has 3 nitrogen and oxygen atoms in total. The van der Waals surface area contributed by atoms with Gasteiger partial charge in [0.15, 0.2) is 0 Å². The van der Waals surface area contributed by atoms with E-state index in [0.717, 1.165) is 20.2 Å². The van der Waals surface area contributed by atoms with Crippen LogP contribution in [0, 0.1) is 0 Å². The number of nitrogens with zero attached hydrogens (tertiary/aromatic N) is 1. The van der Waals surface area contributed by atoms with E-state index >= 15 is 0 Å². The minimum Gasteiger partial charge on any atom is -0.397 e. The molecule has 1 heterocycles. The molecule has 3 aromatic rings. The van der Waals surface area contributed by atoms with Crippen molar-refractivity contribution in [2.45, 2.75) is 0 Å². The molecule has 0 aliphatic rings. The van der Waals surface area contributed by atoms with Crippen LogP contribution >= 0.6 is 27.3 Å². The zero-order chi connectivity index (χ0) is 15.0. The van der Waals surface area contributed by atoms with Crippen molar-refractivity contribution in [2.24, 2.45) is 0 Å². The Labute approximate surface area is 135 Å². The first-order chi connectivity index (χ1) is 10.1. The molecule has 106 valence electrons. The highest BCUT2D eigenvalue weighted by Gasteiger charge is 2.20. The molecule has 0 bridgehead atoms. The Morgan fingerprint density at radius 1 is 1.19 bits per heavy atom. The fourth-order valence-corrected chi connectivity index (χ4v) is 3.82. The van der Waals surface area contributed by atoms with Gasteiger partial charge in [-0.25, -0.2) is 0 Å². The maximum atomic E-state index is 12.7. The molecule has 21 heavy (non-hydrogen) atoms. The molecule has 2 aromatic carbocycles. The third kappa shape index (κ3) is 2.54. The Morgan fingerprint density at radius 2 is 1.90 bits per heavy atom. The molecule has 1 aromatic heterocycles. The molecule has 0 aliphatic carbocycles. The maximum Gasteiger partial charge on any atom is 0.270 e. The number of carbonyl (C=O) groups excluding carboxylic acids is 1. The Hall–Kier alpha value is -1.85. The number of anilines is 2. The third-order valence-electron chi connectivity index (χ3n) is 3.33. The van der Waals surface area contributed by atoms with Crippen molar-refractivity contribution in [2.75, 3.05) is 17.7 Å². The van der Waals surface area contributed by atoms with Gasteiger partial charge in [-0.05, 0) is 24.3 Å². The van der Waals surface area contributed by atoms with Gasteiger partial charge in [-0.2, -0.15) is 0 Å². The van der Waals surface area contributed by atoms with Crippen molar-refractivity contribution in [1.29, 1.82) is 0 Å². The van der Waals surface area contributed by atoms with Gasteiger partial charge in [0.1, 0.15) is 4.88 Å². The van der Waals surface area contributed by atoms with Crippen LogP contribution in [0.1, 0.15) is 9.67 Å². The number of carbonyl (C=O) groups is 1. The zero-order valence-corrected chi connectivity index (χ0v) is 13.7. The number of hydrogen-bond donors (Lipinski definition) is 1. The summed E-state index contributed by atoms with van der Waals surface area (Å²) >= 11 is 4.86. The van der Waals surface area contributed by atoms with Gasteiger partial charge in [0.25, 0.3) is 5.91 Å². The number of halogens is 1. The van der Waals surface area contributed by atoms with Crippen molar-refractivity contribution in [3.8, 4) is 0 Å². The monoisotopic (exact) mass is 360 g/mol. The Balaban J connectivity index is 2.04. The third-order valence-corrected chi connectivity index (χ3v) is 4.98. The molecule has 0 spiro atoms. The summed E-state index contributed by atoms with van der Waals surface area (Å²) in [5, 5.41) is 0.924. The summed E-state index contributed by atoms with van der Waals surface area (Å²) in [6.45, 7) is 0. The lowest BCUT2D eigenvalue weighted by Gasteiger charge is -2.16. The van der Waals surface area contributed by atoms with Crippen molar-refractivity contribution in [1.82, 2.24) is 0 Å². The van der Waals surface area contributed by atoms with Gasteiger partial charge < -0.3 is 10.6 Å². The Bertz CT molecular complexity index is 814. The average Bonchev–Trinajstić information content (AvgIpc) is 2.83. The quantitative estimate of drug-likeness (QED) is 0.729. The fourth-order valence-electron chi connectivity index (χ4n) is 2.17. The predicted octanol–water partition coefficient (Wildman–Crippen LogP) is 4.52. The Kier molecular flexibility index (Phi) is 3.69. The molecule has 0 fully saturated rings. The van der Waals surface area contributed by atoms with E-state index in [0.29, 0.717) is 10.6 Å². The second-order valence-electron chi connectivity index (χ2n) is 4.69. The number of hydrogen-bond acceptors (Lipinski definition) is 3. The van der Waals surface area contributed by atoms with Crippen molar-refractivity contribution >= 4 is 54.6 Å². The van der Waals surface area contributed by atoms with Gasteiger partial charge in [0, 0.05) is 27.3 Å². The minimum absolute atomic E-state index is 0.0870. The lowest BCUT2D eigenvalue weighted by atomic mass is 10.2. The van der Waals surface area contributed by atoms with E-state index in [1.165, 1.54) is 11.3 Å². The SMILES string of the molecule is CN(C(=O)c1sc2cc(Br)ccc2c1N)c1ccccc1. The van der Waals surface area contributed by atoms with E-state index in [-0.39, 0.29) is 5.91 Å². The summed E-state index contributed by atoms with van der Waals surface area (Å²) in [6, 6.07) is 15.4. The molecule has 0 radical (unpaired) electrons. The number of nitrogen functional groups attached to an aromatic ring is 1. The molecule has 1 amide bonds. The number of para-hydroxylation sites is 1. The summed E-state index contributed by atoms with van der Waals surface area (Å²) in [6.07, 6.45) is 0. The molecule has 0 unspecified atom stereocenters. The summed E-state index contributed by atoms with van der Waals surface area (Å²) in [5.74, 6) is -0.0870. The first kappa shape index (κ1) is 14.1. The predicted molar refractivity (Wildman–Crippen MR) is 93.1 cm³/mol. The molecule has 0 saturated carbocycles. The van der Waals surface area contributed by atoms with Crippen LogP contribution in [0.15, 0.2) is 53.0 Å². The van der Waals surface area contributed by atoms with Gasteiger partial charge in [-0.3, -0.25) is 4.79 Å². The van der Waals surface area contributed by atoms with Gasteiger partial charge in [-0.1, -0.05) is 40.2 Å². The number of nitrogens with two attached hydrogens (primary N) is 1. The van der Waals surface area contributed by atoms with Crippen LogP contribution in [0.3, 0.4) is 0 Å². The van der Waals surface area contributed by atoms with E-state index in [1.54, 1.807) is 11.9 Å². The van der Waals surface area contributed by atoms with E-state index in [4.69, 9.17) is 5.73 Å². The van der Waals surface area contributed by atoms with E-state index < -0.39 is 0 Å². The number of fused-ring (bicyclic) bond motifs is 1. The molecule has 2 N–H and O–H groups in total. The minimum atomic E-state index is -0.0870. The molecule has 0 aliphatic heterocycles. The molecular formula is C16H13BrN2OS. The van der Waals surface area contributed by atoms with Gasteiger partial charge in [-0.15, -0.1) is 11.3 Å².